The van der Waals surface area contributed by atoms with Crippen molar-refractivity contribution in [2.24, 2.45) is 11.8 Å². The number of hydrogen-bond donors (Lipinski definition) is 0. The molecule has 0 N–H and O–H groups in total. The number of benzene rings is 1. The van der Waals surface area contributed by atoms with Crippen molar-refractivity contribution in [1.82, 2.24) is 0 Å². The van der Waals surface area contributed by atoms with E-state index in [0.717, 1.165) is 17.8 Å². The molecule has 0 aromatic heterocycles. The van der Waals surface area contributed by atoms with E-state index in [1.54, 1.807) is 5.56 Å². The highest BCUT2D eigenvalue weighted by molar-refractivity contribution is 5.20. The Labute approximate surface area is 100 Å². The van der Waals surface area contributed by atoms with Crippen LogP contribution in [0.1, 0.15) is 57.4 Å². The average molecular weight is 216 g/mol. The highest BCUT2D eigenvalue weighted by atomic mass is 14.3. The molecule has 1 fully saturated rings. The third-order valence-electron chi connectivity index (χ3n) is 3.92. The van der Waals surface area contributed by atoms with Gasteiger partial charge in [0, 0.05) is 0 Å². The highest BCUT2D eigenvalue weighted by Crippen LogP contribution is 2.40. The van der Waals surface area contributed by atoms with E-state index in [9.17, 15) is 0 Å². The molecule has 2 rings (SSSR count). The summed E-state index contributed by atoms with van der Waals surface area (Å²) in [6, 6.07) is 11.2. The number of rotatable bonds is 4. The SMILES string of the molecule is CC(C)CC(c1ccccc1)C1CCCC1. The Bertz CT molecular complexity index is 293. The molecule has 88 valence electrons. The van der Waals surface area contributed by atoms with Gasteiger partial charge in [0.1, 0.15) is 0 Å². The molecule has 0 spiro atoms. The third kappa shape index (κ3) is 2.87. The van der Waals surface area contributed by atoms with Gasteiger partial charge in [0.15, 0.2) is 0 Å². The van der Waals surface area contributed by atoms with Crippen LogP contribution in [0, 0.1) is 11.8 Å². The third-order valence-corrected chi connectivity index (χ3v) is 3.92. The zero-order valence-electron chi connectivity index (χ0n) is 10.7. The second-order valence-electron chi connectivity index (χ2n) is 5.69. The van der Waals surface area contributed by atoms with E-state index in [0.29, 0.717) is 0 Å². The fourth-order valence-electron chi connectivity index (χ4n) is 3.17. The Hall–Kier alpha value is -0.780. The maximum absolute atomic E-state index is 2.35. The summed E-state index contributed by atoms with van der Waals surface area (Å²) in [6.45, 7) is 4.70. The lowest BCUT2D eigenvalue weighted by Crippen LogP contribution is -2.12. The van der Waals surface area contributed by atoms with Crippen molar-refractivity contribution in [3.05, 3.63) is 35.9 Å². The first-order valence-electron chi connectivity index (χ1n) is 6.82. The van der Waals surface area contributed by atoms with Crippen LogP contribution in [0.3, 0.4) is 0 Å². The molecule has 0 saturated heterocycles. The van der Waals surface area contributed by atoms with Gasteiger partial charge < -0.3 is 0 Å². The molecule has 1 aromatic rings. The van der Waals surface area contributed by atoms with Gasteiger partial charge in [-0.3, -0.25) is 0 Å². The maximum atomic E-state index is 2.35. The Balaban J connectivity index is 2.13. The van der Waals surface area contributed by atoms with E-state index in [2.05, 4.69) is 44.2 Å². The average Bonchev–Trinajstić information content (AvgIpc) is 2.80. The van der Waals surface area contributed by atoms with E-state index < -0.39 is 0 Å². The van der Waals surface area contributed by atoms with Crippen molar-refractivity contribution in [2.75, 3.05) is 0 Å². The minimum Gasteiger partial charge on any atom is -0.0628 e. The summed E-state index contributed by atoms with van der Waals surface area (Å²) >= 11 is 0. The van der Waals surface area contributed by atoms with Gasteiger partial charge in [-0.2, -0.15) is 0 Å². The van der Waals surface area contributed by atoms with E-state index >= 15 is 0 Å². The standard InChI is InChI=1S/C16H24/c1-13(2)12-16(15-10-6-7-11-15)14-8-4-3-5-9-14/h3-5,8-9,13,15-16H,6-7,10-12H2,1-2H3. The molecule has 0 aliphatic heterocycles. The van der Waals surface area contributed by atoms with Crippen LogP contribution >= 0.6 is 0 Å². The largest absolute Gasteiger partial charge is 0.0628 e. The quantitative estimate of drug-likeness (QED) is 0.664. The molecule has 1 saturated carbocycles. The van der Waals surface area contributed by atoms with Crippen LogP contribution in [-0.4, -0.2) is 0 Å². The van der Waals surface area contributed by atoms with Crippen LogP contribution in [-0.2, 0) is 0 Å². The molecule has 0 amide bonds. The van der Waals surface area contributed by atoms with Crippen LogP contribution < -0.4 is 0 Å². The molecule has 0 bridgehead atoms. The monoisotopic (exact) mass is 216 g/mol. The fourth-order valence-corrected chi connectivity index (χ4v) is 3.17. The van der Waals surface area contributed by atoms with Gasteiger partial charge >= 0.3 is 0 Å². The van der Waals surface area contributed by atoms with Crippen molar-refractivity contribution in [3.63, 3.8) is 0 Å². The normalized spacial score (nSPS) is 19.2. The van der Waals surface area contributed by atoms with Crippen LogP contribution in [0.5, 0.6) is 0 Å². The minimum absolute atomic E-state index is 0.809. The summed E-state index contributed by atoms with van der Waals surface area (Å²) in [7, 11) is 0. The molecular weight excluding hydrogens is 192 g/mol. The summed E-state index contributed by atoms with van der Waals surface area (Å²) in [5.74, 6) is 2.57. The lowest BCUT2D eigenvalue weighted by atomic mass is 9.79. The smallest absolute Gasteiger partial charge is 0.0131 e. The first kappa shape index (κ1) is 11.7. The molecule has 0 nitrogen and oxygen atoms in total. The summed E-state index contributed by atoms with van der Waals surface area (Å²) in [4.78, 5) is 0. The summed E-state index contributed by atoms with van der Waals surface area (Å²) in [5.41, 5.74) is 1.57. The van der Waals surface area contributed by atoms with Crippen LogP contribution in [0.15, 0.2) is 30.3 Å². The van der Waals surface area contributed by atoms with Crippen LogP contribution in [0.4, 0.5) is 0 Å². The van der Waals surface area contributed by atoms with Crippen LogP contribution in [0.25, 0.3) is 0 Å². The zero-order chi connectivity index (χ0) is 11.4. The molecule has 1 unspecified atom stereocenters. The summed E-state index contributed by atoms with van der Waals surface area (Å²) in [5, 5.41) is 0. The summed E-state index contributed by atoms with van der Waals surface area (Å²) in [6.07, 6.45) is 7.16. The second-order valence-corrected chi connectivity index (χ2v) is 5.69. The Morgan fingerprint density at radius 3 is 2.25 bits per heavy atom. The molecule has 1 aliphatic carbocycles. The van der Waals surface area contributed by atoms with Crippen molar-refractivity contribution < 1.29 is 0 Å². The van der Waals surface area contributed by atoms with E-state index in [1.165, 1.54) is 32.1 Å². The van der Waals surface area contributed by atoms with Gasteiger partial charge in [0.05, 0.1) is 0 Å². The minimum atomic E-state index is 0.809. The lowest BCUT2D eigenvalue weighted by molar-refractivity contribution is 0.369. The molecule has 0 heterocycles. The maximum Gasteiger partial charge on any atom is -0.0131 e. The van der Waals surface area contributed by atoms with E-state index in [-0.39, 0.29) is 0 Å². The highest BCUT2D eigenvalue weighted by Gasteiger charge is 2.26. The van der Waals surface area contributed by atoms with E-state index in [4.69, 9.17) is 0 Å². The van der Waals surface area contributed by atoms with Crippen LogP contribution in [0.2, 0.25) is 0 Å². The Morgan fingerprint density at radius 2 is 1.69 bits per heavy atom. The zero-order valence-corrected chi connectivity index (χ0v) is 10.7. The number of hydrogen-bond acceptors (Lipinski definition) is 0. The van der Waals surface area contributed by atoms with Gasteiger partial charge in [-0.15, -0.1) is 0 Å². The second kappa shape index (κ2) is 5.52. The predicted molar refractivity (Wildman–Crippen MR) is 70.6 cm³/mol. The lowest BCUT2D eigenvalue weighted by Gasteiger charge is -2.25. The van der Waals surface area contributed by atoms with Crippen molar-refractivity contribution in [3.8, 4) is 0 Å². The Kier molecular flexibility index (Phi) is 4.04. The Morgan fingerprint density at radius 1 is 1.06 bits per heavy atom. The van der Waals surface area contributed by atoms with E-state index in [1.807, 2.05) is 0 Å². The first-order valence-corrected chi connectivity index (χ1v) is 6.82. The molecular formula is C16H24. The van der Waals surface area contributed by atoms with Gasteiger partial charge in [-0.05, 0) is 42.6 Å². The molecule has 1 atom stereocenters. The van der Waals surface area contributed by atoms with Crippen molar-refractivity contribution in [2.45, 2.75) is 51.9 Å². The topological polar surface area (TPSA) is 0 Å². The van der Waals surface area contributed by atoms with Gasteiger partial charge in [0.2, 0.25) is 0 Å². The molecule has 1 aliphatic rings. The molecule has 0 heteroatoms. The van der Waals surface area contributed by atoms with Gasteiger partial charge in [-0.25, -0.2) is 0 Å². The van der Waals surface area contributed by atoms with Gasteiger partial charge in [0.25, 0.3) is 0 Å². The molecule has 0 radical (unpaired) electrons. The fraction of sp³-hybridized carbons (Fsp3) is 0.625. The molecule has 16 heavy (non-hydrogen) atoms. The van der Waals surface area contributed by atoms with Crippen molar-refractivity contribution in [1.29, 1.82) is 0 Å². The first-order chi connectivity index (χ1) is 7.77. The molecule has 1 aromatic carbocycles. The van der Waals surface area contributed by atoms with Crippen molar-refractivity contribution >= 4 is 0 Å². The van der Waals surface area contributed by atoms with Gasteiger partial charge in [-0.1, -0.05) is 57.0 Å². The summed E-state index contributed by atoms with van der Waals surface area (Å²) < 4.78 is 0. The predicted octanol–water partition coefficient (Wildman–Crippen LogP) is 5.01.